The fourth-order valence-electron chi connectivity index (χ4n) is 0.133. The maximum absolute atomic E-state index is 4.69. The molecule has 0 aliphatic heterocycles. The number of hydrogen-bond donors (Lipinski definition) is 0. The van der Waals surface area contributed by atoms with Crippen LogP contribution in [0.25, 0.3) is 0 Å². The molecule has 1 nitrogen and oxygen atoms in total. The first-order valence-electron chi connectivity index (χ1n) is 1.66. The molecule has 0 aromatic carbocycles. The van der Waals surface area contributed by atoms with E-state index in [1.165, 1.54) is 0 Å². The van der Waals surface area contributed by atoms with Crippen molar-refractivity contribution in [3.63, 3.8) is 0 Å². The minimum atomic E-state index is 0.725. The van der Waals surface area contributed by atoms with Gasteiger partial charge < -0.3 is 4.74 Å². The van der Waals surface area contributed by atoms with Gasteiger partial charge in [0, 0.05) is 7.11 Å². The van der Waals surface area contributed by atoms with Crippen LogP contribution in [-0.4, -0.2) is 13.7 Å². The van der Waals surface area contributed by atoms with E-state index in [0.717, 1.165) is 6.61 Å². The summed E-state index contributed by atoms with van der Waals surface area (Å²) in [6.07, 6.45) is 1.94. The number of methoxy groups -OCH3 is 1. The molecule has 0 spiro atoms. The van der Waals surface area contributed by atoms with Crippen LogP contribution in [0.1, 0.15) is 0 Å². The van der Waals surface area contributed by atoms with Gasteiger partial charge in [0.15, 0.2) is 0 Å². The quantitative estimate of drug-likeness (QED) is 0.612. The van der Waals surface area contributed by atoms with E-state index in [0.29, 0.717) is 0 Å². The van der Waals surface area contributed by atoms with Crippen molar-refractivity contribution >= 4 is 22.6 Å². The average molecular weight is 198 g/mol. The van der Waals surface area contributed by atoms with Gasteiger partial charge in [0.1, 0.15) is 0 Å². The van der Waals surface area contributed by atoms with E-state index in [2.05, 4.69) is 22.6 Å². The van der Waals surface area contributed by atoms with Crippen molar-refractivity contribution in [2.45, 2.75) is 0 Å². The summed E-state index contributed by atoms with van der Waals surface area (Å²) in [5, 5.41) is 0. The fourth-order valence-corrected chi connectivity index (χ4v) is 0.340. The predicted octanol–water partition coefficient (Wildman–Crippen LogP) is 1.58. The molecule has 0 radical (unpaired) electrons. The highest BCUT2D eigenvalue weighted by molar-refractivity contribution is 14.1. The maximum atomic E-state index is 4.69. The summed E-state index contributed by atoms with van der Waals surface area (Å²) in [6.45, 7) is 0.725. The van der Waals surface area contributed by atoms with Crippen LogP contribution in [0.5, 0.6) is 0 Å². The lowest BCUT2D eigenvalue weighted by Gasteiger charge is -1.81. The summed E-state index contributed by atoms with van der Waals surface area (Å²) in [5.41, 5.74) is 0. The van der Waals surface area contributed by atoms with Gasteiger partial charge in [-0.3, -0.25) is 0 Å². The molecule has 0 fully saturated rings. The van der Waals surface area contributed by atoms with Crippen LogP contribution in [0.2, 0.25) is 0 Å². The van der Waals surface area contributed by atoms with E-state index in [1.54, 1.807) is 7.11 Å². The lowest BCUT2D eigenvalue weighted by Crippen LogP contribution is -1.77. The Bertz CT molecular complexity index is 42.8. The third-order valence-electron chi connectivity index (χ3n) is 0.352. The molecule has 36 valence electrons. The van der Waals surface area contributed by atoms with Gasteiger partial charge in [-0.1, -0.05) is 28.7 Å². The first-order valence-corrected chi connectivity index (χ1v) is 2.90. The number of ether oxygens (including phenoxy) is 1. The molecule has 0 unspecified atom stereocenters. The number of hydrogen-bond acceptors (Lipinski definition) is 1. The monoisotopic (exact) mass is 198 g/mol. The molecule has 0 aliphatic rings. The van der Waals surface area contributed by atoms with Crippen molar-refractivity contribution in [3.05, 3.63) is 10.2 Å². The molecule has 6 heavy (non-hydrogen) atoms. The molecule has 0 amide bonds. The first kappa shape index (κ1) is 6.43. The molecular formula is C4H7IO. The third-order valence-corrected chi connectivity index (χ3v) is 0.861. The maximum Gasteiger partial charge on any atom is 0.0651 e. The number of halogens is 1. The van der Waals surface area contributed by atoms with Crippen LogP contribution in [0.4, 0.5) is 0 Å². The summed E-state index contributed by atoms with van der Waals surface area (Å²) in [5.74, 6) is 0. The van der Waals surface area contributed by atoms with Crippen molar-refractivity contribution in [3.8, 4) is 0 Å². The van der Waals surface area contributed by atoms with Gasteiger partial charge in [-0.15, -0.1) is 0 Å². The van der Waals surface area contributed by atoms with Gasteiger partial charge in [0.2, 0.25) is 0 Å². The van der Waals surface area contributed by atoms with E-state index in [1.807, 2.05) is 10.2 Å². The van der Waals surface area contributed by atoms with E-state index in [4.69, 9.17) is 4.74 Å². The normalized spacial score (nSPS) is 10.3. The Morgan fingerprint density at radius 3 is 2.67 bits per heavy atom. The molecule has 0 rings (SSSR count). The Balaban J connectivity index is 2.66. The van der Waals surface area contributed by atoms with Gasteiger partial charge in [-0.25, -0.2) is 0 Å². The second-order valence-electron chi connectivity index (χ2n) is 0.817. The zero-order chi connectivity index (χ0) is 4.83. The van der Waals surface area contributed by atoms with Crippen LogP contribution < -0.4 is 0 Å². The third kappa shape index (κ3) is 4.43. The molecular weight excluding hydrogens is 191 g/mol. The zero-order valence-corrected chi connectivity index (χ0v) is 5.81. The zero-order valence-electron chi connectivity index (χ0n) is 3.65. The van der Waals surface area contributed by atoms with Gasteiger partial charge in [0.05, 0.1) is 6.61 Å². The second kappa shape index (κ2) is 5.43. The second-order valence-corrected chi connectivity index (χ2v) is 1.54. The molecule has 0 aromatic heterocycles. The summed E-state index contributed by atoms with van der Waals surface area (Å²) in [6, 6.07) is 0. The Morgan fingerprint density at radius 2 is 2.50 bits per heavy atom. The van der Waals surface area contributed by atoms with Crippen molar-refractivity contribution in [1.82, 2.24) is 0 Å². The smallest absolute Gasteiger partial charge is 0.0651 e. The highest BCUT2D eigenvalue weighted by atomic mass is 127. The summed E-state index contributed by atoms with van der Waals surface area (Å²) < 4.78 is 6.62. The Kier molecular flexibility index (Phi) is 5.82. The lowest BCUT2D eigenvalue weighted by atomic mass is 10.7. The molecule has 0 saturated heterocycles. The van der Waals surface area contributed by atoms with E-state index in [-0.39, 0.29) is 0 Å². The molecule has 0 aliphatic carbocycles. The van der Waals surface area contributed by atoms with Gasteiger partial charge in [-0.2, -0.15) is 0 Å². The summed E-state index contributed by atoms with van der Waals surface area (Å²) in [4.78, 5) is 0. The van der Waals surface area contributed by atoms with Crippen molar-refractivity contribution < 1.29 is 4.74 Å². The molecule has 2 heteroatoms. The highest BCUT2D eigenvalue weighted by Gasteiger charge is 1.63. The van der Waals surface area contributed by atoms with Crippen molar-refractivity contribution in [2.24, 2.45) is 0 Å². The minimum absolute atomic E-state index is 0.725. The highest BCUT2D eigenvalue weighted by Crippen LogP contribution is 1.81. The molecule has 0 aromatic rings. The van der Waals surface area contributed by atoms with E-state index >= 15 is 0 Å². The van der Waals surface area contributed by atoms with E-state index in [9.17, 15) is 0 Å². The minimum Gasteiger partial charge on any atom is -0.381 e. The molecule has 0 bridgehead atoms. The van der Waals surface area contributed by atoms with Gasteiger partial charge >= 0.3 is 0 Å². The Labute approximate surface area is 51.5 Å². The van der Waals surface area contributed by atoms with Crippen molar-refractivity contribution in [2.75, 3.05) is 13.7 Å². The van der Waals surface area contributed by atoms with Crippen LogP contribution >= 0.6 is 22.6 Å². The molecule has 0 atom stereocenters. The molecule has 0 N–H and O–H groups in total. The Morgan fingerprint density at radius 1 is 1.83 bits per heavy atom. The largest absolute Gasteiger partial charge is 0.381 e. The SMILES string of the molecule is COCC=CI. The van der Waals surface area contributed by atoms with Crippen LogP contribution in [0, 0.1) is 0 Å². The standard InChI is InChI=1S/C4H7IO/c1-6-4-2-3-5/h2-3H,4H2,1H3. The Hall–Kier alpha value is 0.430. The summed E-state index contributed by atoms with van der Waals surface area (Å²) in [7, 11) is 1.68. The topological polar surface area (TPSA) is 9.23 Å². The summed E-state index contributed by atoms with van der Waals surface area (Å²) >= 11 is 2.15. The molecule has 0 saturated carbocycles. The fraction of sp³-hybridized carbons (Fsp3) is 0.500. The predicted molar refractivity (Wildman–Crippen MR) is 35.0 cm³/mol. The van der Waals surface area contributed by atoms with Gasteiger partial charge in [0.25, 0.3) is 0 Å². The molecule has 0 heterocycles. The van der Waals surface area contributed by atoms with Crippen LogP contribution in [0.3, 0.4) is 0 Å². The first-order chi connectivity index (χ1) is 2.91. The van der Waals surface area contributed by atoms with Crippen molar-refractivity contribution in [1.29, 1.82) is 0 Å². The number of rotatable bonds is 2. The van der Waals surface area contributed by atoms with Gasteiger partial charge in [-0.05, 0) is 4.08 Å². The lowest BCUT2D eigenvalue weighted by molar-refractivity contribution is 0.234. The van der Waals surface area contributed by atoms with E-state index < -0.39 is 0 Å². The van der Waals surface area contributed by atoms with Crippen LogP contribution in [-0.2, 0) is 4.74 Å². The average Bonchev–Trinajstić information content (AvgIpc) is 1.61. The van der Waals surface area contributed by atoms with Crippen LogP contribution in [0.15, 0.2) is 10.2 Å².